The van der Waals surface area contributed by atoms with Gasteiger partial charge in [0.05, 0.1) is 12.3 Å². The van der Waals surface area contributed by atoms with Crippen LogP contribution in [0.25, 0.3) is 0 Å². The van der Waals surface area contributed by atoms with Gasteiger partial charge in [-0.15, -0.1) is 0 Å². The van der Waals surface area contributed by atoms with E-state index in [0.717, 1.165) is 23.7 Å². The number of rotatable bonds is 10. The van der Waals surface area contributed by atoms with Crippen LogP contribution in [0.2, 0.25) is 0 Å². The molecule has 0 aromatic heterocycles. The van der Waals surface area contributed by atoms with E-state index in [0.29, 0.717) is 41.2 Å². The van der Waals surface area contributed by atoms with Crippen molar-refractivity contribution in [2.45, 2.75) is 32.9 Å². The third-order valence-electron chi connectivity index (χ3n) is 6.49. The number of carbonyl (C=O) groups excluding carboxylic acids is 2. The van der Waals surface area contributed by atoms with Gasteiger partial charge in [0.2, 0.25) is 0 Å². The number of nitrogens with one attached hydrogen (secondary N) is 2. The lowest BCUT2D eigenvalue weighted by Crippen LogP contribution is -2.62. The number of carbonyl (C=O) groups is 2. The smallest absolute Gasteiger partial charge is 0.329 e. The zero-order valence-corrected chi connectivity index (χ0v) is 23.4. The largest absolute Gasteiger partial charge is 0.494 e. The number of urea groups is 1. The number of aryl methyl sites for hydroxylation is 1. The van der Waals surface area contributed by atoms with Crippen molar-refractivity contribution < 1.29 is 19.4 Å². The molecule has 4 rings (SSSR count). The second kappa shape index (κ2) is 11.9. The molecule has 1 heterocycles. The van der Waals surface area contributed by atoms with Crippen LogP contribution in [0.5, 0.6) is 5.75 Å². The Morgan fingerprint density at radius 1 is 1.13 bits per heavy atom. The van der Waals surface area contributed by atoms with E-state index in [9.17, 15) is 14.7 Å². The average Bonchev–Trinajstić information content (AvgIpc) is 2.90. The molecule has 3 aromatic rings. The van der Waals surface area contributed by atoms with E-state index < -0.39 is 17.7 Å². The highest BCUT2D eigenvalue weighted by atomic mass is 79.9. The Bertz CT molecular complexity index is 1300. The SMILES string of the molecule is CCOc1ccc(N2C(=O)Nc3ccc(Br)cc3[C@@]2(O)C(=O)NCCCN(CC)c2cccc(C)c2)cc1. The Morgan fingerprint density at radius 2 is 1.89 bits per heavy atom. The van der Waals surface area contributed by atoms with Gasteiger partial charge in [0.25, 0.3) is 11.6 Å². The maximum absolute atomic E-state index is 13.7. The summed E-state index contributed by atoms with van der Waals surface area (Å²) in [4.78, 5) is 30.2. The molecule has 0 spiro atoms. The molecular weight excluding hydrogens is 548 g/mol. The maximum atomic E-state index is 13.7. The molecule has 3 amide bonds. The molecule has 9 heteroatoms. The molecule has 0 bridgehead atoms. The van der Waals surface area contributed by atoms with E-state index >= 15 is 0 Å². The van der Waals surface area contributed by atoms with Gasteiger partial charge in [-0.25, -0.2) is 4.79 Å². The number of benzene rings is 3. The Balaban J connectivity index is 1.57. The number of ether oxygens (including phenoxy) is 1. The lowest BCUT2D eigenvalue weighted by molar-refractivity contribution is -0.140. The molecule has 0 radical (unpaired) electrons. The molecule has 0 saturated carbocycles. The van der Waals surface area contributed by atoms with Crippen molar-refractivity contribution in [3.05, 3.63) is 82.3 Å². The van der Waals surface area contributed by atoms with Crippen LogP contribution in [0.1, 0.15) is 31.4 Å². The highest BCUT2D eigenvalue weighted by molar-refractivity contribution is 9.10. The highest BCUT2D eigenvalue weighted by Gasteiger charge is 2.52. The summed E-state index contributed by atoms with van der Waals surface area (Å²) in [5.74, 6) is -0.0573. The Hall–Kier alpha value is -3.56. The number of anilines is 3. The molecule has 8 nitrogen and oxygen atoms in total. The number of halogens is 1. The summed E-state index contributed by atoms with van der Waals surface area (Å²) in [6.45, 7) is 8.41. The van der Waals surface area contributed by atoms with Gasteiger partial charge in [0.15, 0.2) is 0 Å². The van der Waals surface area contributed by atoms with Gasteiger partial charge < -0.3 is 25.4 Å². The van der Waals surface area contributed by atoms with Crippen LogP contribution >= 0.6 is 15.9 Å². The lowest BCUT2D eigenvalue weighted by Gasteiger charge is -2.42. The predicted octanol–water partition coefficient (Wildman–Crippen LogP) is 5.39. The molecule has 1 aliphatic heterocycles. The maximum Gasteiger partial charge on any atom is 0.329 e. The van der Waals surface area contributed by atoms with Crippen molar-refractivity contribution in [3.63, 3.8) is 0 Å². The molecule has 200 valence electrons. The van der Waals surface area contributed by atoms with E-state index in [1.54, 1.807) is 42.5 Å². The van der Waals surface area contributed by atoms with Crippen molar-refractivity contribution in [1.82, 2.24) is 5.32 Å². The third-order valence-corrected chi connectivity index (χ3v) is 6.98. The van der Waals surface area contributed by atoms with E-state index in [-0.39, 0.29) is 5.56 Å². The molecule has 38 heavy (non-hydrogen) atoms. The molecule has 0 fully saturated rings. The number of nitrogens with zero attached hydrogens (tertiary/aromatic N) is 2. The van der Waals surface area contributed by atoms with E-state index in [4.69, 9.17) is 4.74 Å². The fourth-order valence-electron chi connectivity index (χ4n) is 4.63. The molecule has 0 saturated heterocycles. The van der Waals surface area contributed by atoms with E-state index in [1.807, 2.05) is 13.0 Å². The van der Waals surface area contributed by atoms with Crippen LogP contribution in [-0.2, 0) is 10.5 Å². The summed E-state index contributed by atoms with van der Waals surface area (Å²) in [5.41, 5.74) is 1.04. The summed E-state index contributed by atoms with van der Waals surface area (Å²) in [6.07, 6.45) is 0.657. The third kappa shape index (κ3) is 5.63. The summed E-state index contributed by atoms with van der Waals surface area (Å²) < 4.78 is 6.18. The molecule has 0 unspecified atom stereocenters. The molecule has 1 atom stereocenters. The zero-order valence-electron chi connectivity index (χ0n) is 21.8. The molecule has 3 aromatic carbocycles. The van der Waals surface area contributed by atoms with Crippen LogP contribution < -0.4 is 25.2 Å². The van der Waals surface area contributed by atoms with Crippen LogP contribution in [0.15, 0.2) is 71.2 Å². The highest BCUT2D eigenvalue weighted by Crippen LogP contribution is 2.41. The van der Waals surface area contributed by atoms with Crippen LogP contribution in [-0.4, -0.2) is 43.3 Å². The number of amides is 3. The van der Waals surface area contributed by atoms with Gasteiger partial charge in [-0.1, -0.05) is 28.1 Å². The van der Waals surface area contributed by atoms with Crippen molar-refractivity contribution in [3.8, 4) is 5.75 Å². The normalized spacial score (nSPS) is 16.4. The van der Waals surface area contributed by atoms with Crippen molar-refractivity contribution >= 4 is 44.9 Å². The molecular formula is C29H33BrN4O4. The lowest BCUT2D eigenvalue weighted by atomic mass is 9.94. The van der Waals surface area contributed by atoms with Crippen molar-refractivity contribution in [2.24, 2.45) is 0 Å². The van der Waals surface area contributed by atoms with E-state index in [2.05, 4.69) is 63.5 Å². The number of fused-ring (bicyclic) bond motifs is 1. The van der Waals surface area contributed by atoms with Crippen LogP contribution in [0.4, 0.5) is 21.9 Å². The fraction of sp³-hybridized carbons (Fsp3) is 0.310. The zero-order chi connectivity index (χ0) is 27.3. The fourth-order valence-corrected chi connectivity index (χ4v) is 4.99. The number of hydrogen-bond donors (Lipinski definition) is 3. The predicted molar refractivity (Wildman–Crippen MR) is 154 cm³/mol. The summed E-state index contributed by atoms with van der Waals surface area (Å²) in [7, 11) is 0. The van der Waals surface area contributed by atoms with Gasteiger partial charge in [0, 0.05) is 41.0 Å². The summed E-state index contributed by atoms with van der Waals surface area (Å²) >= 11 is 3.43. The first-order valence-corrected chi connectivity index (χ1v) is 13.5. The average molecular weight is 582 g/mol. The first-order valence-electron chi connectivity index (χ1n) is 12.7. The monoisotopic (exact) mass is 580 g/mol. The van der Waals surface area contributed by atoms with Crippen LogP contribution in [0, 0.1) is 6.92 Å². The second-order valence-corrected chi connectivity index (χ2v) is 10.00. The molecule has 0 aliphatic carbocycles. The van der Waals surface area contributed by atoms with E-state index in [1.165, 1.54) is 5.56 Å². The Labute approximate surface area is 231 Å². The Kier molecular flexibility index (Phi) is 8.58. The molecule has 3 N–H and O–H groups in total. The topological polar surface area (TPSA) is 94.1 Å². The first-order chi connectivity index (χ1) is 18.3. The van der Waals surface area contributed by atoms with Crippen molar-refractivity contribution in [2.75, 3.05) is 41.4 Å². The van der Waals surface area contributed by atoms with Gasteiger partial charge in [-0.3, -0.25) is 9.69 Å². The minimum Gasteiger partial charge on any atom is -0.494 e. The Morgan fingerprint density at radius 3 is 2.58 bits per heavy atom. The number of hydrogen-bond acceptors (Lipinski definition) is 5. The first kappa shape index (κ1) is 27.5. The standard InChI is InChI=1S/C29H33BrN4O4/c1-4-33(23-9-6-8-20(3)18-23)17-7-16-31-27(35)29(37)25-19-21(30)10-15-26(25)32-28(36)34(29)22-11-13-24(14-12-22)38-5-2/h6,8-15,18-19,37H,4-5,7,16-17H2,1-3H3,(H,31,35)(H,32,36)/t29-/m1/s1. The summed E-state index contributed by atoms with van der Waals surface area (Å²) in [5, 5.41) is 17.7. The number of aliphatic hydroxyl groups is 1. The van der Waals surface area contributed by atoms with Crippen molar-refractivity contribution in [1.29, 1.82) is 0 Å². The van der Waals surface area contributed by atoms with Gasteiger partial charge >= 0.3 is 6.03 Å². The minimum atomic E-state index is -2.27. The van der Waals surface area contributed by atoms with Gasteiger partial charge in [0.1, 0.15) is 5.75 Å². The molecule has 1 aliphatic rings. The van der Waals surface area contributed by atoms with Gasteiger partial charge in [-0.05, 0) is 87.4 Å². The second-order valence-electron chi connectivity index (χ2n) is 9.08. The van der Waals surface area contributed by atoms with Gasteiger partial charge in [-0.2, -0.15) is 0 Å². The summed E-state index contributed by atoms with van der Waals surface area (Å²) in [6, 6.07) is 19.4. The van der Waals surface area contributed by atoms with Crippen LogP contribution in [0.3, 0.4) is 0 Å². The minimum absolute atomic E-state index is 0.271. The quantitative estimate of drug-likeness (QED) is 0.280.